The molecule has 0 bridgehead atoms. The first-order valence-corrected chi connectivity index (χ1v) is 11.5. The van der Waals surface area contributed by atoms with E-state index in [0.29, 0.717) is 17.2 Å². The van der Waals surface area contributed by atoms with E-state index in [4.69, 9.17) is 9.15 Å². The third kappa shape index (κ3) is 4.09. The molecule has 33 heavy (non-hydrogen) atoms. The van der Waals surface area contributed by atoms with Crippen LogP contribution < -0.4 is 4.74 Å². The molecule has 0 saturated carbocycles. The van der Waals surface area contributed by atoms with Crippen molar-refractivity contribution in [3.05, 3.63) is 77.8 Å². The number of imide groups is 1. The van der Waals surface area contributed by atoms with E-state index in [1.165, 1.54) is 7.05 Å². The molecule has 1 aliphatic heterocycles. The minimum Gasteiger partial charge on any atom is -0.487 e. The molecule has 0 spiro atoms. The largest absolute Gasteiger partial charge is 0.487 e. The van der Waals surface area contributed by atoms with Gasteiger partial charge < -0.3 is 9.15 Å². The van der Waals surface area contributed by atoms with Gasteiger partial charge in [0.25, 0.3) is 5.24 Å². The van der Waals surface area contributed by atoms with Gasteiger partial charge in [-0.05, 0) is 47.7 Å². The van der Waals surface area contributed by atoms with Crippen molar-refractivity contribution in [2.75, 3.05) is 7.05 Å². The minimum atomic E-state index is -0.547. The smallest absolute Gasteiger partial charge is 0.289 e. The number of amides is 2. The SMILES string of the molecule is CCc1oc(-c2ccccc2)nc1COc1ccc2cc(C3SC(=O)N(C)C3=O)cnc2c1. The van der Waals surface area contributed by atoms with Crippen molar-refractivity contribution in [2.45, 2.75) is 25.2 Å². The Morgan fingerprint density at radius 1 is 1.12 bits per heavy atom. The molecular formula is C25H21N3O4S. The van der Waals surface area contributed by atoms with Crippen LogP contribution in [0.1, 0.15) is 29.2 Å². The zero-order chi connectivity index (χ0) is 22.9. The van der Waals surface area contributed by atoms with E-state index in [-0.39, 0.29) is 17.8 Å². The van der Waals surface area contributed by atoms with Gasteiger partial charge in [0.1, 0.15) is 29.1 Å². The molecule has 3 heterocycles. The highest BCUT2D eigenvalue weighted by molar-refractivity contribution is 8.14. The molecule has 1 atom stereocenters. The number of carbonyl (C=O) groups is 2. The van der Waals surface area contributed by atoms with Crippen molar-refractivity contribution >= 4 is 33.8 Å². The van der Waals surface area contributed by atoms with E-state index in [9.17, 15) is 9.59 Å². The molecule has 4 aromatic rings. The second kappa shape index (κ2) is 8.71. The van der Waals surface area contributed by atoms with Crippen molar-refractivity contribution in [1.82, 2.24) is 14.9 Å². The molecule has 2 aromatic carbocycles. The number of likely N-dealkylation sites (N-methyl/N-ethyl adjacent to an activating group) is 1. The van der Waals surface area contributed by atoms with Crippen LogP contribution in [-0.4, -0.2) is 33.1 Å². The van der Waals surface area contributed by atoms with Crippen LogP contribution in [0.5, 0.6) is 5.75 Å². The number of carbonyl (C=O) groups excluding carboxylic acids is 2. The Kier molecular flexibility index (Phi) is 5.60. The predicted molar refractivity (Wildman–Crippen MR) is 126 cm³/mol. The number of aromatic nitrogens is 2. The van der Waals surface area contributed by atoms with Crippen LogP contribution in [0.2, 0.25) is 0 Å². The summed E-state index contributed by atoms with van der Waals surface area (Å²) in [6.45, 7) is 2.31. The third-order valence-corrected chi connectivity index (χ3v) is 6.71. The molecule has 1 saturated heterocycles. The summed E-state index contributed by atoms with van der Waals surface area (Å²) in [5.74, 6) is 1.83. The van der Waals surface area contributed by atoms with Crippen LogP contribution in [-0.2, 0) is 17.8 Å². The Bertz CT molecular complexity index is 1350. The number of fused-ring (bicyclic) bond motifs is 1. The second-order valence-electron chi connectivity index (χ2n) is 7.68. The number of thioether (sulfide) groups is 1. The van der Waals surface area contributed by atoms with Gasteiger partial charge in [0, 0.05) is 36.7 Å². The fourth-order valence-electron chi connectivity index (χ4n) is 3.69. The monoisotopic (exact) mass is 459 g/mol. The number of oxazole rings is 1. The summed E-state index contributed by atoms with van der Waals surface area (Å²) in [6, 6.07) is 17.3. The van der Waals surface area contributed by atoms with Gasteiger partial charge in [0.05, 0.1) is 5.52 Å². The Morgan fingerprint density at radius 2 is 1.94 bits per heavy atom. The highest BCUT2D eigenvalue weighted by Gasteiger charge is 2.38. The van der Waals surface area contributed by atoms with Crippen molar-refractivity contribution in [2.24, 2.45) is 0 Å². The lowest BCUT2D eigenvalue weighted by Gasteiger charge is -2.10. The van der Waals surface area contributed by atoms with Gasteiger partial charge in [0.15, 0.2) is 0 Å². The van der Waals surface area contributed by atoms with Crippen molar-refractivity contribution in [3.8, 4) is 17.2 Å². The summed E-state index contributed by atoms with van der Waals surface area (Å²) in [5, 5.41) is 0.0784. The van der Waals surface area contributed by atoms with Gasteiger partial charge in [-0.2, -0.15) is 0 Å². The van der Waals surface area contributed by atoms with E-state index < -0.39 is 5.25 Å². The van der Waals surface area contributed by atoms with Crippen molar-refractivity contribution in [1.29, 1.82) is 0 Å². The summed E-state index contributed by atoms with van der Waals surface area (Å²) in [6.07, 6.45) is 2.36. The molecule has 1 fully saturated rings. The zero-order valence-corrected chi connectivity index (χ0v) is 19.0. The van der Waals surface area contributed by atoms with E-state index in [1.54, 1.807) is 6.20 Å². The lowest BCUT2D eigenvalue weighted by molar-refractivity contribution is -0.125. The molecule has 8 heteroatoms. The van der Waals surface area contributed by atoms with Gasteiger partial charge in [-0.3, -0.25) is 19.5 Å². The Morgan fingerprint density at radius 3 is 2.67 bits per heavy atom. The summed E-state index contributed by atoms with van der Waals surface area (Å²) < 4.78 is 11.9. The fourth-order valence-corrected chi connectivity index (χ4v) is 4.66. The number of benzene rings is 2. The van der Waals surface area contributed by atoms with Crippen LogP contribution >= 0.6 is 11.8 Å². The van der Waals surface area contributed by atoms with Crippen LogP contribution in [0.25, 0.3) is 22.4 Å². The van der Waals surface area contributed by atoms with Crippen LogP contribution in [0.3, 0.4) is 0 Å². The Balaban J connectivity index is 1.34. The summed E-state index contributed by atoms with van der Waals surface area (Å²) >= 11 is 1.01. The van der Waals surface area contributed by atoms with E-state index in [1.807, 2.05) is 61.5 Å². The lowest BCUT2D eigenvalue weighted by atomic mass is 10.1. The Hall–Kier alpha value is -3.65. The number of rotatable bonds is 6. The second-order valence-corrected chi connectivity index (χ2v) is 8.74. The number of aryl methyl sites for hydroxylation is 1. The first-order chi connectivity index (χ1) is 16.0. The maximum atomic E-state index is 12.3. The van der Waals surface area contributed by atoms with E-state index >= 15 is 0 Å². The van der Waals surface area contributed by atoms with Crippen LogP contribution in [0.15, 0.2) is 65.2 Å². The number of nitrogens with zero attached hydrogens (tertiary/aromatic N) is 3. The van der Waals surface area contributed by atoms with Crippen molar-refractivity contribution in [3.63, 3.8) is 0 Å². The van der Waals surface area contributed by atoms with Gasteiger partial charge in [-0.25, -0.2) is 4.98 Å². The number of ether oxygens (including phenoxy) is 1. The predicted octanol–water partition coefficient (Wildman–Crippen LogP) is 5.40. The van der Waals surface area contributed by atoms with Gasteiger partial charge in [-0.15, -0.1) is 0 Å². The summed E-state index contributed by atoms with van der Waals surface area (Å²) in [4.78, 5) is 34.4. The fraction of sp³-hybridized carbons (Fsp3) is 0.200. The molecule has 0 radical (unpaired) electrons. The highest BCUT2D eigenvalue weighted by atomic mass is 32.2. The lowest BCUT2D eigenvalue weighted by Crippen LogP contribution is -2.24. The average Bonchev–Trinajstić information content (AvgIpc) is 3.39. The minimum absolute atomic E-state index is 0.222. The molecule has 5 rings (SSSR count). The van der Waals surface area contributed by atoms with Crippen LogP contribution in [0.4, 0.5) is 4.79 Å². The van der Waals surface area contributed by atoms with Gasteiger partial charge >= 0.3 is 0 Å². The number of hydrogen-bond donors (Lipinski definition) is 0. The summed E-state index contributed by atoms with van der Waals surface area (Å²) in [7, 11) is 1.50. The molecule has 166 valence electrons. The van der Waals surface area contributed by atoms with Gasteiger partial charge in [0.2, 0.25) is 11.8 Å². The molecule has 7 nitrogen and oxygen atoms in total. The number of pyridine rings is 1. The normalized spacial score (nSPS) is 16.1. The molecule has 1 unspecified atom stereocenters. The zero-order valence-electron chi connectivity index (χ0n) is 18.1. The first-order valence-electron chi connectivity index (χ1n) is 10.6. The maximum Gasteiger partial charge on any atom is 0.289 e. The first kappa shape index (κ1) is 21.2. The molecule has 2 aromatic heterocycles. The number of hydrogen-bond acceptors (Lipinski definition) is 7. The quantitative estimate of drug-likeness (QED) is 0.382. The highest BCUT2D eigenvalue weighted by Crippen LogP contribution is 2.39. The summed E-state index contributed by atoms with van der Waals surface area (Å²) in [5.41, 5.74) is 3.15. The van der Waals surface area contributed by atoms with Crippen molar-refractivity contribution < 1.29 is 18.7 Å². The standard InChI is InChI=1S/C25H21N3O4S/c1-3-21-20(27-23(32-21)15-7-5-4-6-8-15)14-31-18-10-9-16-11-17(13-26-19(16)12-18)22-24(29)28(2)25(30)33-22/h4-13,22H,3,14H2,1-2H3. The maximum absolute atomic E-state index is 12.3. The topological polar surface area (TPSA) is 85.5 Å². The van der Waals surface area contributed by atoms with Crippen LogP contribution in [0, 0.1) is 0 Å². The molecule has 2 amide bonds. The average molecular weight is 460 g/mol. The Labute approximate surface area is 194 Å². The third-order valence-electron chi connectivity index (χ3n) is 5.52. The molecule has 0 N–H and O–H groups in total. The molecule has 1 aliphatic rings. The van der Waals surface area contributed by atoms with E-state index in [2.05, 4.69) is 9.97 Å². The molecular weight excluding hydrogens is 438 g/mol. The molecule has 0 aliphatic carbocycles. The van der Waals surface area contributed by atoms with E-state index in [0.717, 1.165) is 51.0 Å². The van der Waals surface area contributed by atoms with Gasteiger partial charge in [-0.1, -0.05) is 25.1 Å².